The van der Waals surface area contributed by atoms with Crippen LogP contribution in [0.25, 0.3) is 0 Å². The molecule has 1 aliphatic rings. The zero-order chi connectivity index (χ0) is 8.16. The summed E-state index contributed by atoms with van der Waals surface area (Å²) < 4.78 is 5.32. The predicted molar refractivity (Wildman–Crippen MR) is 46.4 cm³/mol. The van der Waals surface area contributed by atoms with Crippen molar-refractivity contribution >= 4 is 0 Å². The summed E-state index contributed by atoms with van der Waals surface area (Å²) in [7, 11) is 0. The summed E-state index contributed by atoms with van der Waals surface area (Å²) in [6.07, 6.45) is 7.47. The summed E-state index contributed by atoms with van der Waals surface area (Å²) in [4.78, 5) is 0. The van der Waals surface area contributed by atoms with Crippen molar-refractivity contribution in [2.45, 2.75) is 31.7 Å². The second-order valence-electron chi connectivity index (χ2n) is 3.21. The topological polar surface area (TPSA) is 35.2 Å². The molecule has 2 heteroatoms. The van der Waals surface area contributed by atoms with Gasteiger partial charge in [-0.05, 0) is 26.2 Å². The summed E-state index contributed by atoms with van der Waals surface area (Å²) in [6, 6.07) is 0. The van der Waals surface area contributed by atoms with E-state index in [-0.39, 0.29) is 5.54 Å². The van der Waals surface area contributed by atoms with Crippen molar-refractivity contribution in [3.05, 3.63) is 12.2 Å². The average Bonchev–Trinajstić information content (AvgIpc) is 2.03. The molecule has 1 aliphatic carbocycles. The molecule has 1 rings (SSSR count). The Labute approximate surface area is 68.4 Å². The first-order valence-electron chi connectivity index (χ1n) is 4.28. The van der Waals surface area contributed by atoms with Crippen molar-refractivity contribution in [1.29, 1.82) is 0 Å². The van der Waals surface area contributed by atoms with Gasteiger partial charge in [-0.15, -0.1) is 0 Å². The molecule has 1 atom stereocenters. The van der Waals surface area contributed by atoms with Gasteiger partial charge in [0.1, 0.15) is 0 Å². The van der Waals surface area contributed by atoms with Crippen LogP contribution in [0.1, 0.15) is 26.2 Å². The Bertz CT molecular complexity index is 144. The zero-order valence-corrected chi connectivity index (χ0v) is 7.18. The Balaban J connectivity index is 2.33. The standard InChI is InChI=1S/C9H17NO/c1-2-11-8-9(10)6-4-3-5-7-9/h3-4H,2,5-8,10H2,1H3. The second kappa shape index (κ2) is 3.88. The van der Waals surface area contributed by atoms with Crippen LogP contribution in [0.2, 0.25) is 0 Å². The molecule has 0 heterocycles. The van der Waals surface area contributed by atoms with Crippen LogP contribution in [-0.4, -0.2) is 18.8 Å². The van der Waals surface area contributed by atoms with Crippen LogP contribution in [0.4, 0.5) is 0 Å². The first kappa shape index (κ1) is 8.75. The number of allylic oxidation sites excluding steroid dienone is 1. The molecule has 2 N–H and O–H groups in total. The second-order valence-corrected chi connectivity index (χ2v) is 3.21. The van der Waals surface area contributed by atoms with E-state index in [1.54, 1.807) is 0 Å². The molecule has 0 saturated heterocycles. The number of ether oxygens (including phenoxy) is 1. The molecule has 0 aromatic rings. The Morgan fingerprint density at radius 2 is 2.36 bits per heavy atom. The molecular weight excluding hydrogens is 138 g/mol. The molecule has 0 spiro atoms. The van der Waals surface area contributed by atoms with Crippen molar-refractivity contribution in [2.75, 3.05) is 13.2 Å². The lowest BCUT2D eigenvalue weighted by Crippen LogP contribution is -2.45. The molecule has 1 unspecified atom stereocenters. The van der Waals surface area contributed by atoms with Crippen LogP contribution >= 0.6 is 0 Å². The molecule has 0 radical (unpaired) electrons. The van der Waals surface area contributed by atoms with E-state index >= 15 is 0 Å². The van der Waals surface area contributed by atoms with E-state index in [9.17, 15) is 0 Å². The summed E-state index contributed by atoms with van der Waals surface area (Å²) in [5.74, 6) is 0. The van der Waals surface area contributed by atoms with E-state index < -0.39 is 0 Å². The highest BCUT2D eigenvalue weighted by atomic mass is 16.5. The molecule has 2 nitrogen and oxygen atoms in total. The molecule has 0 aromatic carbocycles. The third-order valence-electron chi connectivity index (χ3n) is 2.09. The Morgan fingerprint density at radius 3 is 2.91 bits per heavy atom. The number of rotatable bonds is 3. The fraction of sp³-hybridized carbons (Fsp3) is 0.778. The number of hydrogen-bond acceptors (Lipinski definition) is 2. The van der Waals surface area contributed by atoms with Crippen molar-refractivity contribution in [2.24, 2.45) is 5.73 Å². The van der Waals surface area contributed by atoms with E-state index in [4.69, 9.17) is 10.5 Å². The fourth-order valence-electron chi connectivity index (χ4n) is 1.35. The van der Waals surface area contributed by atoms with Crippen molar-refractivity contribution in [1.82, 2.24) is 0 Å². The third-order valence-corrected chi connectivity index (χ3v) is 2.09. The van der Waals surface area contributed by atoms with Crippen LogP contribution in [0.5, 0.6) is 0 Å². The monoisotopic (exact) mass is 155 g/mol. The smallest absolute Gasteiger partial charge is 0.0649 e. The van der Waals surface area contributed by atoms with Gasteiger partial charge < -0.3 is 10.5 Å². The van der Waals surface area contributed by atoms with E-state index in [1.165, 1.54) is 0 Å². The minimum Gasteiger partial charge on any atom is -0.380 e. The molecule has 64 valence electrons. The molecule has 11 heavy (non-hydrogen) atoms. The van der Waals surface area contributed by atoms with Crippen LogP contribution < -0.4 is 5.73 Å². The number of hydrogen-bond donors (Lipinski definition) is 1. The van der Waals surface area contributed by atoms with E-state index in [0.717, 1.165) is 25.9 Å². The highest BCUT2D eigenvalue weighted by Crippen LogP contribution is 2.20. The molecule has 0 fully saturated rings. The Kier molecular flexibility index (Phi) is 3.09. The summed E-state index contributed by atoms with van der Waals surface area (Å²) in [6.45, 7) is 3.47. The van der Waals surface area contributed by atoms with Gasteiger partial charge in [0.05, 0.1) is 6.61 Å². The molecule has 0 aromatic heterocycles. The minimum atomic E-state index is -0.0786. The third kappa shape index (κ3) is 2.64. The summed E-state index contributed by atoms with van der Waals surface area (Å²) in [5, 5.41) is 0. The Hall–Kier alpha value is -0.340. The lowest BCUT2D eigenvalue weighted by Gasteiger charge is -2.29. The normalized spacial score (nSPS) is 30.7. The largest absolute Gasteiger partial charge is 0.380 e. The highest BCUT2D eigenvalue weighted by molar-refractivity contribution is 5.01. The maximum atomic E-state index is 6.07. The van der Waals surface area contributed by atoms with Gasteiger partial charge >= 0.3 is 0 Å². The van der Waals surface area contributed by atoms with Crippen LogP contribution in [0.15, 0.2) is 12.2 Å². The summed E-state index contributed by atoms with van der Waals surface area (Å²) >= 11 is 0. The summed E-state index contributed by atoms with van der Waals surface area (Å²) in [5.41, 5.74) is 5.99. The molecule has 0 amide bonds. The lowest BCUT2D eigenvalue weighted by molar-refractivity contribution is 0.0899. The lowest BCUT2D eigenvalue weighted by atomic mass is 9.88. The van der Waals surface area contributed by atoms with Gasteiger partial charge in [-0.2, -0.15) is 0 Å². The molecule has 0 saturated carbocycles. The van der Waals surface area contributed by atoms with Gasteiger partial charge in [0, 0.05) is 12.1 Å². The van der Waals surface area contributed by atoms with Crippen LogP contribution in [0, 0.1) is 0 Å². The first-order valence-corrected chi connectivity index (χ1v) is 4.28. The quantitative estimate of drug-likeness (QED) is 0.626. The van der Waals surface area contributed by atoms with Gasteiger partial charge in [0.15, 0.2) is 0 Å². The van der Waals surface area contributed by atoms with Crippen molar-refractivity contribution in [3.63, 3.8) is 0 Å². The van der Waals surface area contributed by atoms with Gasteiger partial charge in [-0.3, -0.25) is 0 Å². The minimum absolute atomic E-state index is 0.0786. The Morgan fingerprint density at radius 1 is 1.55 bits per heavy atom. The van der Waals surface area contributed by atoms with Crippen molar-refractivity contribution in [3.8, 4) is 0 Å². The van der Waals surface area contributed by atoms with Gasteiger partial charge in [-0.1, -0.05) is 12.2 Å². The van der Waals surface area contributed by atoms with Gasteiger partial charge in [0.25, 0.3) is 0 Å². The highest BCUT2D eigenvalue weighted by Gasteiger charge is 2.24. The van der Waals surface area contributed by atoms with Crippen LogP contribution in [-0.2, 0) is 4.74 Å². The molecular formula is C9H17NO. The predicted octanol–water partition coefficient (Wildman–Crippen LogP) is 1.46. The molecule has 0 bridgehead atoms. The maximum Gasteiger partial charge on any atom is 0.0649 e. The fourth-order valence-corrected chi connectivity index (χ4v) is 1.35. The first-order chi connectivity index (χ1) is 5.27. The maximum absolute atomic E-state index is 6.07. The van der Waals surface area contributed by atoms with Crippen molar-refractivity contribution < 1.29 is 4.74 Å². The average molecular weight is 155 g/mol. The zero-order valence-electron chi connectivity index (χ0n) is 7.18. The van der Waals surface area contributed by atoms with E-state index in [1.807, 2.05) is 6.92 Å². The number of nitrogens with two attached hydrogens (primary N) is 1. The SMILES string of the molecule is CCOCC1(N)CC=CCC1. The van der Waals surface area contributed by atoms with Crippen LogP contribution in [0.3, 0.4) is 0 Å². The van der Waals surface area contributed by atoms with Gasteiger partial charge in [-0.25, -0.2) is 0 Å². The molecule has 0 aliphatic heterocycles. The van der Waals surface area contributed by atoms with E-state index in [0.29, 0.717) is 6.61 Å². The van der Waals surface area contributed by atoms with Gasteiger partial charge in [0.2, 0.25) is 0 Å². The van der Waals surface area contributed by atoms with E-state index in [2.05, 4.69) is 12.2 Å².